The van der Waals surface area contributed by atoms with E-state index in [1.807, 2.05) is 0 Å². The Morgan fingerprint density at radius 2 is 2.00 bits per heavy atom. The highest BCUT2D eigenvalue weighted by atomic mass is 16.4. The van der Waals surface area contributed by atoms with Gasteiger partial charge in [0.1, 0.15) is 0 Å². The first-order valence-electron chi connectivity index (χ1n) is 4.35. The number of amides is 1. The van der Waals surface area contributed by atoms with Crippen molar-refractivity contribution in [3.05, 3.63) is 0 Å². The molecule has 2 unspecified atom stereocenters. The van der Waals surface area contributed by atoms with E-state index < -0.39 is 12.1 Å². The first-order chi connectivity index (χ1) is 6.49. The number of carbonyl (C=O) groups excluding carboxylic acids is 1. The number of hydrogen-bond acceptors (Lipinski definition) is 4. The number of likely N-dealkylation sites (N-methyl/N-ethyl adjacent to an activating group) is 1. The molecule has 0 heterocycles. The van der Waals surface area contributed by atoms with Gasteiger partial charge in [0.15, 0.2) is 6.10 Å². The molecule has 0 aliphatic carbocycles. The van der Waals surface area contributed by atoms with E-state index >= 15 is 0 Å². The molecule has 2 atom stereocenters. The van der Waals surface area contributed by atoms with Crippen molar-refractivity contribution in [2.45, 2.75) is 25.5 Å². The zero-order valence-corrected chi connectivity index (χ0v) is 8.28. The summed E-state index contributed by atoms with van der Waals surface area (Å²) in [4.78, 5) is 21.3. The molecule has 6 nitrogen and oxygen atoms in total. The highest BCUT2D eigenvalue weighted by Gasteiger charge is 2.14. The number of carboxylic acid groups (broad SMARTS) is 1. The molecule has 0 spiro atoms. The third-order valence-electron chi connectivity index (χ3n) is 1.83. The number of carboxylic acids is 1. The average Bonchev–Trinajstić information content (AvgIpc) is 2.15. The van der Waals surface area contributed by atoms with Gasteiger partial charge in [0.2, 0.25) is 5.91 Å². The minimum Gasteiger partial charge on any atom is -0.479 e. The van der Waals surface area contributed by atoms with Crippen molar-refractivity contribution in [3.8, 4) is 0 Å². The second-order valence-corrected chi connectivity index (χ2v) is 2.94. The van der Waals surface area contributed by atoms with E-state index in [0.29, 0.717) is 0 Å². The van der Waals surface area contributed by atoms with Gasteiger partial charge in [-0.05, 0) is 14.0 Å². The molecule has 0 aromatic carbocycles. The fourth-order valence-corrected chi connectivity index (χ4v) is 0.740. The van der Waals surface area contributed by atoms with Crippen LogP contribution >= 0.6 is 0 Å². The first-order valence-corrected chi connectivity index (χ1v) is 4.35. The lowest BCUT2D eigenvalue weighted by molar-refractivity contribution is -0.147. The predicted molar refractivity (Wildman–Crippen MR) is 49.8 cm³/mol. The smallest absolute Gasteiger partial charge is 0.332 e. The number of aliphatic hydroxyl groups excluding tert-OH is 1. The van der Waals surface area contributed by atoms with E-state index in [1.54, 1.807) is 14.0 Å². The van der Waals surface area contributed by atoms with Crippen molar-refractivity contribution in [3.63, 3.8) is 0 Å². The lowest BCUT2D eigenvalue weighted by Gasteiger charge is -2.11. The summed E-state index contributed by atoms with van der Waals surface area (Å²) in [6.45, 7) is 1.83. The second kappa shape index (κ2) is 6.33. The van der Waals surface area contributed by atoms with E-state index in [1.165, 1.54) is 0 Å². The van der Waals surface area contributed by atoms with Gasteiger partial charge in [0.25, 0.3) is 0 Å². The monoisotopic (exact) mass is 204 g/mol. The largest absolute Gasteiger partial charge is 0.479 e. The van der Waals surface area contributed by atoms with Gasteiger partial charge < -0.3 is 20.8 Å². The summed E-state index contributed by atoms with van der Waals surface area (Å²) in [6, 6.07) is -0.322. The standard InChI is InChI=1S/C8H16N2O4/c1-5(9-2)7(12)10-4-3-6(11)8(13)14/h5-6,9,11H,3-4H2,1-2H3,(H,10,12)(H,13,14). The number of hydrogen-bond donors (Lipinski definition) is 4. The van der Waals surface area contributed by atoms with Gasteiger partial charge in [0, 0.05) is 13.0 Å². The van der Waals surface area contributed by atoms with Crippen LogP contribution in [0.3, 0.4) is 0 Å². The van der Waals surface area contributed by atoms with E-state index in [-0.39, 0.29) is 24.9 Å². The van der Waals surface area contributed by atoms with Crippen LogP contribution in [-0.2, 0) is 9.59 Å². The van der Waals surface area contributed by atoms with E-state index in [2.05, 4.69) is 10.6 Å². The van der Waals surface area contributed by atoms with Gasteiger partial charge >= 0.3 is 5.97 Å². The summed E-state index contributed by atoms with van der Waals surface area (Å²) in [5.74, 6) is -1.49. The SMILES string of the molecule is CNC(C)C(=O)NCCC(O)C(=O)O. The molecular weight excluding hydrogens is 188 g/mol. The van der Waals surface area contributed by atoms with Crippen molar-refractivity contribution in [1.29, 1.82) is 0 Å². The molecular formula is C8H16N2O4. The van der Waals surface area contributed by atoms with Crippen LogP contribution in [0, 0.1) is 0 Å². The summed E-state index contributed by atoms with van der Waals surface area (Å²) in [5, 5.41) is 22.4. The van der Waals surface area contributed by atoms with Crippen LogP contribution in [-0.4, -0.2) is 47.8 Å². The normalized spacial score (nSPS) is 14.5. The van der Waals surface area contributed by atoms with Crippen LogP contribution in [0.1, 0.15) is 13.3 Å². The molecule has 6 heteroatoms. The Morgan fingerprint density at radius 1 is 1.43 bits per heavy atom. The molecule has 0 rings (SSSR count). The van der Waals surface area contributed by atoms with Crippen molar-refractivity contribution in [2.75, 3.05) is 13.6 Å². The summed E-state index contributed by atoms with van der Waals surface area (Å²) < 4.78 is 0. The highest BCUT2D eigenvalue weighted by molar-refractivity contribution is 5.81. The quantitative estimate of drug-likeness (QED) is 0.424. The summed E-state index contributed by atoms with van der Waals surface area (Å²) in [7, 11) is 1.65. The topological polar surface area (TPSA) is 98.7 Å². The third kappa shape index (κ3) is 4.78. The molecule has 0 saturated heterocycles. The van der Waals surface area contributed by atoms with Crippen molar-refractivity contribution >= 4 is 11.9 Å². The lowest BCUT2D eigenvalue weighted by atomic mass is 10.2. The summed E-state index contributed by atoms with van der Waals surface area (Å²) in [5.41, 5.74) is 0. The van der Waals surface area contributed by atoms with Gasteiger partial charge in [0.05, 0.1) is 6.04 Å². The molecule has 4 N–H and O–H groups in total. The predicted octanol–water partition coefficient (Wildman–Crippen LogP) is -1.45. The fraction of sp³-hybridized carbons (Fsp3) is 0.750. The minimum absolute atomic E-state index is 0.0114. The molecule has 0 saturated carbocycles. The maximum absolute atomic E-state index is 11.1. The molecule has 0 aromatic rings. The Balaban J connectivity index is 3.64. The maximum Gasteiger partial charge on any atom is 0.332 e. The van der Waals surface area contributed by atoms with Gasteiger partial charge in [-0.2, -0.15) is 0 Å². The molecule has 82 valence electrons. The van der Waals surface area contributed by atoms with Crippen LogP contribution in [0.2, 0.25) is 0 Å². The van der Waals surface area contributed by atoms with Crippen molar-refractivity contribution < 1.29 is 19.8 Å². The maximum atomic E-state index is 11.1. The Hall–Kier alpha value is -1.14. The highest BCUT2D eigenvalue weighted by Crippen LogP contribution is 1.89. The second-order valence-electron chi connectivity index (χ2n) is 2.94. The van der Waals surface area contributed by atoms with Crippen molar-refractivity contribution in [1.82, 2.24) is 10.6 Å². The van der Waals surface area contributed by atoms with Crippen LogP contribution in [0.25, 0.3) is 0 Å². The summed E-state index contributed by atoms with van der Waals surface area (Å²) in [6.07, 6.45) is -1.41. The third-order valence-corrected chi connectivity index (χ3v) is 1.83. The number of nitrogens with one attached hydrogen (secondary N) is 2. The van der Waals surface area contributed by atoms with Gasteiger partial charge in [-0.15, -0.1) is 0 Å². The van der Waals surface area contributed by atoms with Crippen LogP contribution < -0.4 is 10.6 Å². The Labute approximate surface area is 82.3 Å². The zero-order valence-electron chi connectivity index (χ0n) is 8.28. The number of aliphatic hydroxyl groups is 1. The number of rotatable bonds is 6. The number of carbonyl (C=O) groups is 2. The average molecular weight is 204 g/mol. The van der Waals surface area contributed by atoms with Crippen LogP contribution in [0.15, 0.2) is 0 Å². The molecule has 0 aromatic heterocycles. The Bertz CT molecular complexity index is 208. The molecule has 14 heavy (non-hydrogen) atoms. The molecule has 0 aliphatic rings. The Morgan fingerprint density at radius 3 is 2.43 bits per heavy atom. The van der Waals surface area contributed by atoms with Crippen LogP contribution in [0.4, 0.5) is 0 Å². The summed E-state index contributed by atoms with van der Waals surface area (Å²) >= 11 is 0. The fourth-order valence-electron chi connectivity index (χ4n) is 0.740. The van der Waals surface area contributed by atoms with Gasteiger partial charge in [-0.3, -0.25) is 4.79 Å². The zero-order chi connectivity index (χ0) is 11.1. The molecule has 1 amide bonds. The van der Waals surface area contributed by atoms with E-state index in [9.17, 15) is 9.59 Å². The van der Waals surface area contributed by atoms with Gasteiger partial charge in [-0.1, -0.05) is 0 Å². The molecule has 0 bridgehead atoms. The van der Waals surface area contributed by atoms with E-state index in [0.717, 1.165) is 0 Å². The van der Waals surface area contributed by atoms with Crippen LogP contribution in [0.5, 0.6) is 0 Å². The van der Waals surface area contributed by atoms with Gasteiger partial charge in [-0.25, -0.2) is 4.79 Å². The minimum atomic E-state index is -1.42. The lowest BCUT2D eigenvalue weighted by Crippen LogP contribution is -2.41. The molecule has 0 fully saturated rings. The molecule has 0 radical (unpaired) electrons. The van der Waals surface area contributed by atoms with E-state index in [4.69, 9.17) is 10.2 Å². The number of aliphatic carboxylic acids is 1. The molecule has 0 aliphatic heterocycles. The first kappa shape index (κ1) is 12.9. The Kier molecular flexibility index (Phi) is 5.82. The van der Waals surface area contributed by atoms with Crippen molar-refractivity contribution in [2.24, 2.45) is 0 Å².